The van der Waals surface area contributed by atoms with Gasteiger partial charge >= 0.3 is 6.18 Å². The summed E-state index contributed by atoms with van der Waals surface area (Å²) >= 11 is 0. The van der Waals surface area contributed by atoms with Gasteiger partial charge in [-0.15, -0.1) is 0 Å². The molecular formula is C20H22F3NO2. The van der Waals surface area contributed by atoms with Gasteiger partial charge in [0, 0.05) is 6.54 Å². The summed E-state index contributed by atoms with van der Waals surface area (Å²) < 4.78 is 43.4. The topological polar surface area (TPSA) is 32.7 Å². The van der Waals surface area contributed by atoms with Gasteiger partial charge in [0.05, 0.1) is 5.56 Å². The highest BCUT2D eigenvalue weighted by molar-refractivity contribution is 5.64. The Hall–Kier alpha value is -2.05. The predicted octanol–water partition coefficient (Wildman–Crippen LogP) is 4.21. The Morgan fingerprint density at radius 1 is 0.923 bits per heavy atom. The number of nitrogens with zero attached hydrogens (tertiary/aromatic N) is 1. The SMILES string of the molecule is OC(COc1ccc(-c2ccc(C(F)(F)F)cc2)cc1)CN1CCCC1. The zero-order chi connectivity index (χ0) is 18.6. The Morgan fingerprint density at radius 3 is 2.00 bits per heavy atom. The van der Waals surface area contributed by atoms with Crippen molar-refractivity contribution in [1.29, 1.82) is 0 Å². The van der Waals surface area contributed by atoms with Crippen LogP contribution in [0.4, 0.5) is 13.2 Å². The van der Waals surface area contributed by atoms with Gasteiger partial charge in [-0.2, -0.15) is 13.2 Å². The van der Waals surface area contributed by atoms with Crippen LogP contribution in [-0.4, -0.2) is 42.4 Å². The Morgan fingerprint density at radius 2 is 1.46 bits per heavy atom. The Balaban J connectivity index is 1.54. The number of ether oxygens (including phenoxy) is 1. The van der Waals surface area contributed by atoms with Gasteiger partial charge in [0.25, 0.3) is 0 Å². The van der Waals surface area contributed by atoms with E-state index < -0.39 is 17.8 Å². The third-order valence-electron chi connectivity index (χ3n) is 4.51. The first kappa shape index (κ1) is 18.7. The van der Waals surface area contributed by atoms with Gasteiger partial charge in [0.15, 0.2) is 0 Å². The molecule has 3 rings (SSSR count). The molecule has 3 nitrogen and oxygen atoms in total. The molecule has 6 heteroatoms. The van der Waals surface area contributed by atoms with Gasteiger partial charge < -0.3 is 14.7 Å². The number of rotatable bonds is 6. The summed E-state index contributed by atoms with van der Waals surface area (Å²) in [6.07, 6.45) is -2.51. The minimum Gasteiger partial charge on any atom is -0.491 e. The predicted molar refractivity (Wildman–Crippen MR) is 94.1 cm³/mol. The Kier molecular flexibility index (Phi) is 5.84. The molecule has 0 bridgehead atoms. The maximum absolute atomic E-state index is 12.6. The number of hydrogen-bond donors (Lipinski definition) is 1. The second kappa shape index (κ2) is 8.10. The molecule has 1 fully saturated rings. The molecule has 2 aromatic carbocycles. The molecule has 1 atom stereocenters. The molecule has 0 saturated carbocycles. The number of halogens is 3. The number of hydrogen-bond acceptors (Lipinski definition) is 3. The van der Waals surface area contributed by atoms with E-state index in [9.17, 15) is 18.3 Å². The summed E-state index contributed by atoms with van der Waals surface area (Å²) in [7, 11) is 0. The van der Waals surface area contributed by atoms with Crippen molar-refractivity contribution in [2.75, 3.05) is 26.2 Å². The van der Waals surface area contributed by atoms with Crippen LogP contribution in [0.3, 0.4) is 0 Å². The van der Waals surface area contributed by atoms with Crippen molar-refractivity contribution in [3.8, 4) is 16.9 Å². The van der Waals surface area contributed by atoms with Crippen LogP contribution in [0.1, 0.15) is 18.4 Å². The first-order chi connectivity index (χ1) is 12.4. The summed E-state index contributed by atoms with van der Waals surface area (Å²) in [6, 6.07) is 12.2. The number of β-amino-alcohol motifs (C(OH)–C–C–N with tert-alkyl or cyclic N) is 1. The zero-order valence-corrected chi connectivity index (χ0v) is 14.4. The summed E-state index contributed by atoms with van der Waals surface area (Å²) in [5, 5.41) is 10.0. The number of likely N-dealkylation sites (tertiary alicyclic amines) is 1. The fourth-order valence-electron chi connectivity index (χ4n) is 3.10. The Bertz CT molecular complexity index is 692. The highest BCUT2D eigenvalue weighted by atomic mass is 19.4. The average molecular weight is 365 g/mol. The molecule has 0 amide bonds. The van der Waals surface area contributed by atoms with E-state index in [2.05, 4.69) is 4.90 Å². The van der Waals surface area contributed by atoms with E-state index >= 15 is 0 Å². The van der Waals surface area contributed by atoms with E-state index in [-0.39, 0.29) is 6.61 Å². The van der Waals surface area contributed by atoms with Crippen molar-refractivity contribution in [2.24, 2.45) is 0 Å². The lowest BCUT2D eigenvalue weighted by molar-refractivity contribution is -0.137. The van der Waals surface area contributed by atoms with Crippen LogP contribution < -0.4 is 4.74 Å². The number of benzene rings is 2. The minimum absolute atomic E-state index is 0.218. The van der Waals surface area contributed by atoms with Crippen LogP contribution in [0.5, 0.6) is 5.75 Å². The molecule has 1 N–H and O–H groups in total. The smallest absolute Gasteiger partial charge is 0.416 e. The molecule has 1 saturated heterocycles. The molecule has 0 aliphatic carbocycles. The molecule has 2 aromatic rings. The zero-order valence-electron chi connectivity index (χ0n) is 14.4. The van der Waals surface area contributed by atoms with E-state index in [1.54, 1.807) is 24.3 Å². The molecule has 1 aliphatic heterocycles. The van der Waals surface area contributed by atoms with Crippen molar-refractivity contribution in [3.05, 3.63) is 54.1 Å². The van der Waals surface area contributed by atoms with E-state index in [1.165, 1.54) is 25.0 Å². The normalized spacial score (nSPS) is 16.6. The fourth-order valence-corrected chi connectivity index (χ4v) is 3.10. The lowest BCUT2D eigenvalue weighted by Gasteiger charge is -2.19. The molecule has 26 heavy (non-hydrogen) atoms. The van der Waals surface area contributed by atoms with Crippen LogP contribution >= 0.6 is 0 Å². The van der Waals surface area contributed by atoms with Crippen molar-refractivity contribution in [1.82, 2.24) is 4.90 Å². The van der Waals surface area contributed by atoms with E-state index in [1.807, 2.05) is 0 Å². The fraction of sp³-hybridized carbons (Fsp3) is 0.400. The Labute approximate surface area is 151 Å². The van der Waals surface area contributed by atoms with Crippen LogP contribution in [-0.2, 0) is 6.18 Å². The first-order valence-electron chi connectivity index (χ1n) is 8.73. The van der Waals surface area contributed by atoms with Crippen molar-refractivity contribution in [3.63, 3.8) is 0 Å². The van der Waals surface area contributed by atoms with Gasteiger partial charge in [-0.05, 0) is 61.3 Å². The van der Waals surface area contributed by atoms with Gasteiger partial charge in [-0.25, -0.2) is 0 Å². The van der Waals surface area contributed by atoms with Gasteiger partial charge in [0.2, 0.25) is 0 Å². The number of aliphatic hydroxyl groups excluding tert-OH is 1. The van der Waals surface area contributed by atoms with Gasteiger partial charge in [-0.3, -0.25) is 0 Å². The molecule has 1 heterocycles. The third kappa shape index (κ3) is 4.99. The number of aliphatic hydroxyl groups is 1. The lowest BCUT2D eigenvalue weighted by atomic mass is 10.0. The highest BCUT2D eigenvalue weighted by Gasteiger charge is 2.29. The molecule has 1 aliphatic rings. The van der Waals surface area contributed by atoms with Crippen molar-refractivity contribution >= 4 is 0 Å². The second-order valence-corrected chi connectivity index (χ2v) is 6.57. The van der Waals surface area contributed by atoms with Crippen LogP contribution in [0.15, 0.2) is 48.5 Å². The number of alkyl halides is 3. The minimum atomic E-state index is -4.33. The van der Waals surface area contributed by atoms with E-state index in [4.69, 9.17) is 4.74 Å². The lowest BCUT2D eigenvalue weighted by Crippen LogP contribution is -2.33. The van der Waals surface area contributed by atoms with Crippen LogP contribution in [0, 0.1) is 0 Å². The van der Waals surface area contributed by atoms with Crippen molar-refractivity contribution in [2.45, 2.75) is 25.1 Å². The molecule has 0 radical (unpaired) electrons. The maximum atomic E-state index is 12.6. The highest BCUT2D eigenvalue weighted by Crippen LogP contribution is 2.31. The van der Waals surface area contributed by atoms with E-state index in [0.29, 0.717) is 17.9 Å². The standard InChI is InChI=1S/C20H22F3NO2/c21-20(22,23)17-7-3-15(4-8-17)16-5-9-19(10-6-16)26-14-18(25)13-24-11-1-2-12-24/h3-10,18,25H,1-2,11-14H2. The first-order valence-corrected chi connectivity index (χ1v) is 8.73. The molecule has 1 unspecified atom stereocenters. The second-order valence-electron chi connectivity index (χ2n) is 6.57. The van der Waals surface area contributed by atoms with Crippen molar-refractivity contribution < 1.29 is 23.0 Å². The maximum Gasteiger partial charge on any atom is 0.416 e. The molecule has 140 valence electrons. The summed E-state index contributed by atoms with van der Waals surface area (Å²) in [5.41, 5.74) is 0.857. The van der Waals surface area contributed by atoms with Gasteiger partial charge in [0.1, 0.15) is 18.5 Å². The summed E-state index contributed by atoms with van der Waals surface area (Å²) in [6.45, 7) is 2.89. The monoisotopic (exact) mass is 365 g/mol. The largest absolute Gasteiger partial charge is 0.491 e. The molecule has 0 spiro atoms. The third-order valence-corrected chi connectivity index (χ3v) is 4.51. The summed E-state index contributed by atoms with van der Waals surface area (Å²) in [5.74, 6) is 0.626. The molecular weight excluding hydrogens is 343 g/mol. The van der Waals surface area contributed by atoms with Crippen LogP contribution in [0.25, 0.3) is 11.1 Å². The van der Waals surface area contributed by atoms with Crippen LogP contribution in [0.2, 0.25) is 0 Å². The quantitative estimate of drug-likeness (QED) is 0.833. The summed E-state index contributed by atoms with van der Waals surface area (Å²) in [4.78, 5) is 2.22. The molecule has 0 aromatic heterocycles. The average Bonchev–Trinajstić information content (AvgIpc) is 3.13. The van der Waals surface area contributed by atoms with Gasteiger partial charge in [-0.1, -0.05) is 24.3 Å². The van der Waals surface area contributed by atoms with E-state index in [0.717, 1.165) is 30.8 Å².